The Balaban J connectivity index is 1.90. The van der Waals surface area contributed by atoms with Crippen LogP contribution in [0.1, 0.15) is 80.2 Å². The van der Waals surface area contributed by atoms with Gasteiger partial charge in [0.15, 0.2) is 0 Å². The Kier molecular flexibility index (Phi) is 7.64. The molecule has 1 aromatic carbocycles. The maximum absolute atomic E-state index is 12.9. The zero-order valence-corrected chi connectivity index (χ0v) is 21.1. The Morgan fingerprint density at radius 3 is 2.58 bits per heavy atom. The molecule has 1 amide bonds. The number of esters is 1. The fraction of sp³-hybridized carbons (Fsp3) is 0.519. The monoisotopic (exact) mass is 466 g/mol. The predicted molar refractivity (Wildman–Crippen MR) is 133 cm³/mol. The van der Waals surface area contributed by atoms with Crippen LogP contribution in [0.15, 0.2) is 30.3 Å². The van der Waals surface area contributed by atoms with Crippen molar-refractivity contribution in [1.29, 1.82) is 5.26 Å². The average molecular weight is 467 g/mol. The number of nitrogens with zero attached hydrogens (tertiary/aromatic N) is 1. The first-order chi connectivity index (χ1) is 15.6. The third-order valence-electron chi connectivity index (χ3n) is 6.12. The molecule has 5 nitrogen and oxygen atoms in total. The standard InChI is InChI=1S/C27H34N2O3S/c1-6-32-25(31)23-20-12-13-27(17-28,19-10-8-7-9-11-19)16-21(20)33-24(23)29-22(30)14-18(2)15-26(3,4)5/h7-11,18H,6,12-16H2,1-5H3,(H,29,30)/t18-,27-/m0/s1. The highest BCUT2D eigenvalue weighted by atomic mass is 32.1. The first-order valence-electron chi connectivity index (χ1n) is 11.7. The van der Waals surface area contributed by atoms with E-state index < -0.39 is 11.4 Å². The molecule has 0 bridgehead atoms. The maximum atomic E-state index is 12.9. The molecule has 0 saturated heterocycles. The highest BCUT2D eigenvalue weighted by Crippen LogP contribution is 2.45. The van der Waals surface area contributed by atoms with Gasteiger partial charge >= 0.3 is 5.97 Å². The molecule has 0 saturated carbocycles. The van der Waals surface area contributed by atoms with Gasteiger partial charge in [-0.15, -0.1) is 11.3 Å². The molecule has 0 aliphatic heterocycles. The summed E-state index contributed by atoms with van der Waals surface area (Å²) < 4.78 is 5.34. The van der Waals surface area contributed by atoms with Gasteiger partial charge in [-0.05, 0) is 48.6 Å². The number of fused-ring (bicyclic) bond motifs is 1. The van der Waals surface area contributed by atoms with E-state index in [4.69, 9.17) is 4.74 Å². The third-order valence-corrected chi connectivity index (χ3v) is 7.27. The molecule has 1 heterocycles. The molecule has 6 heteroatoms. The second kappa shape index (κ2) is 10.1. The summed E-state index contributed by atoms with van der Waals surface area (Å²) in [5.41, 5.74) is 1.89. The van der Waals surface area contributed by atoms with Gasteiger partial charge in [0.25, 0.3) is 0 Å². The van der Waals surface area contributed by atoms with Gasteiger partial charge < -0.3 is 10.1 Å². The lowest BCUT2D eigenvalue weighted by Gasteiger charge is -2.31. The van der Waals surface area contributed by atoms with E-state index in [1.807, 2.05) is 30.3 Å². The number of nitrogens with one attached hydrogen (secondary N) is 1. The number of carbonyl (C=O) groups is 2. The van der Waals surface area contributed by atoms with Crippen LogP contribution in [0.4, 0.5) is 5.00 Å². The second-order valence-corrected chi connectivity index (χ2v) is 11.4. The number of anilines is 1. The Hall–Kier alpha value is -2.65. The molecule has 3 rings (SSSR count). The molecule has 1 aliphatic rings. The number of benzene rings is 1. The number of rotatable bonds is 7. The van der Waals surface area contributed by atoms with Crippen molar-refractivity contribution in [2.24, 2.45) is 11.3 Å². The summed E-state index contributed by atoms with van der Waals surface area (Å²) in [4.78, 5) is 26.7. The SMILES string of the molecule is CCOC(=O)c1c(NC(=O)C[C@H](C)CC(C)(C)C)sc2c1CC[C@](C#N)(c1ccccc1)C2. The Bertz CT molecular complexity index is 1050. The zero-order valence-electron chi connectivity index (χ0n) is 20.3. The molecule has 0 unspecified atom stereocenters. The van der Waals surface area contributed by atoms with Gasteiger partial charge in [-0.3, -0.25) is 4.79 Å². The molecule has 176 valence electrons. The number of hydrogen-bond acceptors (Lipinski definition) is 5. The molecule has 1 N–H and O–H groups in total. The van der Waals surface area contributed by atoms with Crippen LogP contribution in [0.25, 0.3) is 0 Å². The quantitative estimate of drug-likeness (QED) is 0.487. The Morgan fingerprint density at radius 2 is 1.97 bits per heavy atom. The molecule has 1 aliphatic carbocycles. The molecule has 0 radical (unpaired) electrons. The van der Waals surface area contributed by atoms with Crippen LogP contribution in [-0.4, -0.2) is 18.5 Å². The van der Waals surface area contributed by atoms with Crippen LogP contribution in [0.2, 0.25) is 0 Å². The van der Waals surface area contributed by atoms with Gasteiger partial charge in [-0.1, -0.05) is 58.0 Å². The fourth-order valence-corrected chi connectivity index (χ4v) is 6.27. The van der Waals surface area contributed by atoms with Gasteiger partial charge in [0.1, 0.15) is 5.00 Å². The highest BCUT2D eigenvalue weighted by molar-refractivity contribution is 7.17. The van der Waals surface area contributed by atoms with Crippen molar-refractivity contribution < 1.29 is 14.3 Å². The minimum Gasteiger partial charge on any atom is -0.462 e. The number of nitriles is 1. The smallest absolute Gasteiger partial charge is 0.341 e. The summed E-state index contributed by atoms with van der Waals surface area (Å²) in [5, 5.41) is 13.7. The van der Waals surface area contributed by atoms with Crippen LogP contribution in [0.5, 0.6) is 0 Å². The summed E-state index contributed by atoms with van der Waals surface area (Å²) in [6.45, 7) is 10.6. The van der Waals surface area contributed by atoms with Crippen molar-refractivity contribution in [1.82, 2.24) is 0 Å². The Morgan fingerprint density at radius 1 is 1.27 bits per heavy atom. The van der Waals surface area contributed by atoms with Gasteiger partial charge in [-0.2, -0.15) is 5.26 Å². The summed E-state index contributed by atoms with van der Waals surface area (Å²) in [7, 11) is 0. The van der Waals surface area contributed by atoms with Crippen molar-refractivity contribution in [3.05, 3.63) is 51.9 Å². The third kappa shape index (κ3) is 5.83. The van der Waals surface area contributed by atoms with Crippen molar-refractivity contribution in [2.75, 3.05) is 11.9 Å². The van der Waals surface area contributed by atoms with E-state index in [2.05, 4.69) is 39.1 Å². The van der Waals surface area contributed by atoms with E-state index in [9.17, 15) is 14.9 Å². The van der Waals surface area contributed by atoms with Crippen molar-refractivity contribution in [2.45, 2.75) is 72.1 Å². The van der Waals surface area contributed by atoms with Crippen LogP contribution < -0.4 is 5.32 Å². The van der Waals surface area contributed by atoms with Crippen LogP contribution >= 0.6 is 11.3 Å². The van der Waals surface area contributed by atoms with Crippen molar-refractivity contribution >= 4 is 28.2 Å². The lowest BCUT2D eigenvalue weighted by molar-refractivity contribution is -0.117. The van der Waals surface area contributed by atoms with Crippen LogP contribution in [0, 0.1) is 22.7 Å². The van der Waals surface area contributed by atoms with E-state index >= 15 is 0 Å². The zero-order chi connectivity index (χ0) is 24.2. The van der Waals surface area contributed by atoms with E-state index in [1.54, 1.807) is 6.92 Å². The van der Waals surface area contributed by atoms with Gasteiger partial charge in [-0.25, -0.2) is 4.79 Å². The number of ether oxygens (including phenoxy) is 1. The number of hydrogen-bond donors (Lipinski definition) is 1. The van der Waals surface area contributed by atoms with Crippen LogP contribution in [0.3, 0.4) is 0 Å². The first kappa shape index (κ1) is 25.0. The summed E-state index contributed by atoms with van der Waals surface area (Å²) in [6.07, 6.45) is 3.08. The van der Waals surface area contributed by atoms with E-state index in [0.29, 0.717) is 36.2 Å². The molecule has 1 aromatic heterocycles. The molecular weight excluding hydrogens is 432 g/mol. The summed E-state index contributed by atoms with van der Waals surface area (Å²) >= 11 is 1.41. The van der Waals surface area contributed by atoms with Gasteiger partial charge in [0.05, 0.1) is 23.7 Å². The molecule has 2 aromatic rings. The van der Waals surface area contributed by atoms with Crippen LogP contribution in [-0.2, 0) is 27.8 Å². The summed E-state index contributed by atoms with van der Waals surface area (Å²) in [5.74, 6) is -0.266. The van der Waals surface area contributed by atoms with Gasteiger partial charge in [0.2, 0.25) is 5.91 Å². The average Bonchev–Trinajstić information content (AvgIpc) is 3.09. The molecule has 2 atom stereocenters. The lowest BCUT2D eigenvalue weighted by atomic mass is 9.70. The number of amides is 1. The topological polar surface area (TPSA) is 79.2 Å². The minimum atomic E-state index is -0.631. The normalized spacial score (nSPS) is 18.7. The predicted octanol–water partition coefficient (Wildman–Crippen LogP) is 6.28. The molecule has 33 heavy (non-hydrogen) atoms. The van der Waals surface area contributed by atoms with Gasteiger partial charge in [0, 0.05) is 17.7 Å². The number of thiophene rings is 1. The summed E-state index contributed by atoms with van der Waals surface area (Å²) in [6, 6.07) is 12.4. The fourth-order valence-electron chi connectivity index (χ4n) is 4.90. The molecule has 0 fully saturated rings. The maximum Gasteiger partial charge on any atom is 0.341 e. The lowest BCUT2D eigenvalue weighted by Crippen LogP contribution is -2.31. The van der Waals surface area contributed by atoms with Crippen molar-refractivity contribution in [3.8, 4) is 6.07 Å². The largest absolute Gasteiger partial charge is 0.462 e. The van der Waals surface area contributed by atoms with Crippen molar-refractivity contribution in [3.63, 3.8) is 0 Å². The minimum absolute atomic E-state index is 0.0921. The first-order valence-corrected chi connectivity index (χ1v) is 12.5. The highest BCUT2D eigenvalue weighted by Gasteiger charge is 2.40. The second-order valence-electron chi connectivity index (χ2n) is 10.3. The Labute approximate surface area is 201 Å². The molecule has 0 spiro atoms. The molecular formula is C27H34N2O3S. The van der Waals surface area contributed by atoms with E-state index in [-0.39, 0.29) is 23.8 Å². The number of carbonyl (C=O) groups excluding carboxylic acids is 2. The van der Waals surface area contributed by atoms with E-state index in [0.717, 1.165) is 22.4 Å². The van der Waals surface area contributed by atoms with E-state index in [1.165, 1.54) is 11.3 Å².